The summed E-state index contributed by atoms with van der Waals surface area (Å²) < 4.78 is 14.4. The van der Waals surface area contributed by atoms with Crippen molar-refractivity contribution >= 4 is 0 Å². The van der Waals surface area contributed by atoms with E-state index < -0.39 is 0 Å². The zero-order chi connectivity index (χ0) is 18.4. The Morgan fingerprint density at radius 1 is 1.20 bits per heavy atom. The van der Waals surface area contributed by atoms with Gasteiger partial charge in [0.05, 0.1) is 5.83 Å². The van der Waals surface area contributed by atoms with Crippen molar-refractivity contribution in [3.63, 3.8) is 0 Å². The van der Waals surface area contributed by atoms with Crippen molar-refractivity contribution in [2.24, 2.45) is 23.7 Å². The standard InChI is InChI=1S/C24H39F/c1-17(2)7-6-8-24(25)23-14-13-22(16-23)20(5)11-12-21-15-18(3)9-10-19(21)4/h12,18-20,22H,1,6-11,13-16H2,2-5H3/b21-12-,24-23-. The molecule has 0 radical (unpaired) electrons. The van der Waals surface area contributed by atoms with Crippen LogP contribution in [-0.4, -0.2) is 0 Å². The van der Waals surface area contributed by atoms with Crippen LogP contribution < -0.4 is 0 Å². The highest BCUT2D eigenvalue weighted by Crippen LogP contribution is 2.40. The predicted octanol–water partition coefficient (Wildman–Crippen LogP) is 8.17. The fourth-order valence-electron chi connectivity index (χ4n) is 4.57. The first-order valence-corrected chi connectivity index (χ1v) is 10.6. The maximum Gasteiger partial charge on any atom is 0.0991 e. The predicted molar refractivity (Wildman–Crippen MR) is 108 cm³/mol. The van der Waals surface area contributed by atoms with Crippen molar-refractivity contribution < 1.29 is 4.39 Å². The molecule has 0 bridgehead atoms. The van der Waals surface area contributed by atoms with Gasteiger partial charge in [-0.3, -0.25) is 0 Å². The summed E-state index contributed by atoms with van der Waals surface area (Å²) in [5.74, 6) is 3.16. The first-order valence-electron chi connectivity index (χ1n) is 10.6. The van der Waals surface area contributed by atoms with E-state index in [0.29, 0.717) is 18.3 Å². The van der Waals surface area contributed by atoms with Crippen LogP contribution in [0.1, 0.15) is 91.9 Å². The zero-order valence-corrected chi connectivity index (χ0v) is 17.0. The second-order valence-electron chi connectivity index (χ2n) is 9.10. The van der Waals surface area contributed by atoms with E-state index in [4.69, 9.17) is 0 Å². The van der Waals surface area contributed by atoms with E-state index in [2.05, 4.69) is 33.4 Å². The summed E-state index contributed by atoms with van der Waals surface area (Å²) in [7, 11) is 0. The number of rotatable bonds is 7. The normalized spacial score (nSPS) is 32.0. The van der Waals surface area contributed by atoms with Crippen LogP contribution in [0.5, 0.6) is 0 Å². The molecule has 1 heteroatoms. The van der Waals surface area contributed by atoms with Gasteiger partial charge in [0.1, 0.15) is 0 Å². The minimum absolute atomic E-state index is 0.184. The van der Waals surface area contributed by atoms with E-state index >= 15 is 0 Å². The molecule has 2 fully saturated rings. The third kappa shape index (κ3) is 6.42. The molecule has 2 aliphatic rings. The summed E-state index contributed by atoms with van der Waals surface area (Å²) >= 11 is 0. The quantitative estimate of drug-likeness (QED) is 0.408. The molecule has 0 N–H and O–H groups in total. The van der Waals surface area contributed by atoms with Crippen LogP contribution >= 0.6 is 0 Å². The van der Waals surface area contributed by atoms with Gasteiger partial charge in [0.15, 0.2) is 0 Å². The van der Waals surface area contributed by atoms with Gasteiger partial charge in [0, 0.05) is 0 Å². The molecule has 0 amide bonds. The smallest absolute Gasteiger partial charge is 0.0991 e. The van der Waals surface area contributed by atoms with Crippen molar-refractivity contribution in [2.75, 3.05) is 0 Å². The van der Waals surface area contributed by atoms with Crippen LogP contribution in [-0.2, 0) is 0 Å². The molecule has 4 unspecified atom stereocenters. The second kappa shape index (κ2) is 9.74. The summed E-state index contributed by atoms with van der Waals surface area (Å²) in [4.78, 5) is 0. The first-order chi connectivity index (χ1) is 11.9. The minimum atomic E-state index is 0.184. The average Bonchev–Trinajstić information content (AvgIpc) is 3.05. The molecule has 0 aromatic heterocycles. The van der Waals surface area contributed by atoms with Gasteiger partial charge in [-0.05, 0) is 100 Å². The topological polar surface area (TPSA) is 0 Å². The molecule has 0 aromatic carbocycles. The Kier molecular flexibility index (Phi) is 7.97. The molecule has 2 rings (SSSR count). The third-order valence-corrected chi connectivity index (χ3v) is 6.58. The van der Waals surface area contributed by atoms with Crippen LogP contribution in [0.25, 0.3) is 0 Å². The molecule has 0 nitrogen and oxygen atoms in total. The van der Waals surface area contributed by atoms with Crippen molar-refractivity contribution in [1.82, 2.24) is 0 Å². The molecule has 4 atom stereocenters. The van der Waals surface area contributed by atoms with Crippen LogP contribution in [0.2, 0.25) is 0 Å². The Labute approximate surface area is 155 Å². The van der Waals surface area contributed by atoms with Gasteiger partial charge in [-0.15, -0.1) is 6.58 Å². The lowest BCUT2D eigenvalue weighted by molar-refractivity contribution is 0.361. The summed E-state index contributed by atoms with van der Waals surface area (Å²) in [6.07, 6.45) is 13.4. The highest BCUT2D eigenvalue weighted by atomic mass is 19.1. The van der Waals surface area contributed by atoms with Crippen LogP contribution in [0.15, 0.2) is 35.2 Å². The number of halogens is 1. The van der Waals surface area contributed by atoms with Crippen LogP contribution in [0, 0.1) is 23.7 Å². The highest BCUT2D eigenvalue weighted by Gasteiger charge is 2.27. The summed E-state index contributed by atoms with van der Waals surface area (Å²) in [5.41, 5.74) is 3.96. The van der Waals surface area contributed by atoms with E-state index in [9.17, 15) is 4.39 Å². The van der Waals surface area contributed by atoms with E-state index in [1.54, 1.807) is 5.57 Å². The van der Waals surface area contributed by atoms with Gasteiger partial charge in [-0.1, -0.05) is 38.0 Å². The van der Waals surface area contributed by atoms with Gasteiger partial charge >= 0.3 is 0 Å². The van der Waals surface area contributed by atoms with Crippen molar-refractivity contribution in [1.29, 1.82) is 0 Å². The van der Waals surface area contributed by atoms with Crippen molar-refractivity contribution in [3.05, 3.63) is 35.2 Å². The maximum absolute atomic E-state index is 14.4. The molecular weight excluding hydrogens is 307 g/mol. The lowest BCUT2D eigenvalue weighted by Crippen LogP contribution is -2.14. The van der Waals surface area contributed by atoms with Crippen molar-refractivity contribution in [3.8, 4) is 0 Å². The van der Waals surface area contributed by atoms with E-state index in [1.165, 1.54) is 32.1 Å². The summed E-state index contributed by atoms with van der Waals surface area (Å²) in [5, 5.41) is 0. The first kappa shape index (κ1) is 20.5. The van der Waals surface area contributed by atoms with Gasteiger partial charge in [0.2, 0.25) is 0 Å². The number of hydrogen-bond donors (Lipinski definition) is 0. The Hall–Kier alpha value is -0.850. The molecule has 0 aromatic rings. The summed E-state index contributed by atoms with van der Waals surface area (Å²) in [6, 6.07) is 0. The Bertz CT molecular complexity index is 510. The Morgan fingerprint density at radius 2 is 1.96 bits per heavy atom. The molecule has 2 saturated carbocycles. The average molecular weight is 347 g/mol. The molecule has 0 saturated heterocycles. The molecule has 2 aliphatic carbocycles. The highest BCUT2D eigenvalue weighted by molar-refractivity contribution is 5.15. The van der Waals surface area contributed by atoms with Gasteiger partial charge in [0.25, 0.3) is 0 Å². The lowest BCUT2D eigenvalue weighted by atomic mass is 9.78. The molecule has 142 valence electrons. The molecule has 0 heterocycles. The molecule has 0 spiro atoms. The summed E-state index contributed by atoms with van der Waals surface area (Å²) in [6.45, 7) is 13.1. The molecule has 0 aliphatic heterocycles. The maximum atomic E-state index is 14.4. The zero-order valence-electron chi connectivity index (χ0n) is 17.0. The van der Waals surface area contributed by atoms with Crippen LogP contribution in [0.3, 0.4) is 0 Å². The number of hydrogen-bond acceptors (Lipinski definition) is 0. The second-order valence-corrected chi connectivity index (χ2v) is 9.10. The fourth-order valence-corrected chi connectivity index (χ4v) is 4.57. The van der Waals surface area contributed by atoms with Crippen LogP contribution in [0.4, 0.5) is 4.39 Å². The monoisotopic (exact) mass is 346 g/mol. The van der Waals surface area contributed by atoms with E-state index in [1.807, 2.05) is 6.92 Å². The fraction of sp³-hybridized carbons (Fsp3) is 0.750. The largest absolute Gasteiger partial charge is 0.212 e. The minimum Gasteiger partial charge on any atom is -0.212 e. The van der Waals surface area contributed by atoms with E-state index in [-0.39, 0.29) is 5.83 Å². The van der Waals surface area contributed by atoms with E-state index in [0.717, 1.165) is 48.7 Å². The van der Waals surface area contributed by atoms with Gasteiger partial charge in [-0.25, -0.2) is 4.39 Å². The molecule has 25 heavy (non-hydrogen) atoms. The number of allylic oxidation sites excluding steroid dienone is 5. The van der Waals surface area contributed by atoms with Gasteiger partial charge < -0.3 is 0 Å². The third-order valence-electron chi connectivity index (χ3n) is 6.58. The van der Waals surface area contributed by atoms with Gasteiger partial charge in [-0.2, -0.15) is 0 Å². The lowest BCUT2D eigenvalue weighted by Gasteiger charge is -2.27. The van der Waals surface area contributed by atoms with Crippen molar-refractivity contribution in [2.45, 2.75) is 91.9 Å². The Balaban J connectivity index is 1.83. The SMILES string of the molecule is C=C(C)CCC/C(F)=C1\CCC(C(C)C/C=C2/CC(C)CCC2C)C1. The Morgan fingerprint density at radius 3 is 2.68 bits per heavy atom. The molecular formula is C24H39F.